The van der Waals surface area contributed by atoms with E-state index in [0.29, 0.717) is 11.3 Å². The fourth-order valence-corrected chi connectivity index (χ4v) is 4.46. The maximum absolute atomic E-state index is 14.1. The molecule has 0 bridgehead atoms. The lowest BCUT2D eigenvalue weighted by atomic mass is 10.1. The van der Waals surface area contributed by atoms with Crippen LogP contribution in [0, 0.1) is 5.82 Å². The third-order valence-corrected chi connectivity index (χ3v) is 6.37. The van der Waals surface area contributed by atoms with E-state index in [2.05, 4.69) is 10.0 Å². The predicted octanol–water partition coefficient (Wildman–Crippen LogP) is 3.10. The van der Waals surface area contributed by atoms with Crippen LogP contribution >= 0.6 is 0 Å². The van der Waals surface area contributed by atoms with Crippen LogP contribution in [0.2, 0.25) is 0 Å². The first-order valence-electron chi connectivity index (χ1n) is 10.5. The van der Waals surface area contributed by atoms with Crippen LogP contribution < -0.4 is 10.0 Å². The Morgan fingerprint density at radius 1 is 0.914 bits per heavy atom. The average molecular weight is 499 g/mol. The highest BCUT2D eigenvalue weighted by atomic mass is 32.2. The maximum Gasteiger partial charge on any atom is 0.324 e. The van der Waals surface area contributed by atoms with Crippen LogP contribution in [0.15, 0.2) is 83.8 Å². The summed E-state index contributed by atoms with van der Waals surface area (Å²) in [5.74, 6) is -2.75. The van der Waals surface area contributed by atoms with Gasteiger partial charge in [-0.05, 0) is 48.4 Å². The number of hydrogen-bond donors (Lipinski definition) is 2. The zero-order valence-corrected chi connectivity index (χ0v) is 19.5. The fourth-order valence-electron chi connectivity index (χ4n) is 3.20. The van der Waals surface area contributed by atoms with Gasteiger partial charge in [-0.2, -0.15) is 4.72 Å². The van der Waals surface area contributed by atoms with Gasteiger partial charge >= 0.3 is 5.97 Å². The Morgan fingerprint density at radius 2 is 1.54 bits per heavy atom. The first-order valence-corrected chi connectivity index (χ1v) is 12.0. The smallest absolute Gasteiger partial charge is 0.324 e. The van der Waals surface area contributed by atoms with Crippen LogP contribution in [0.25, 0.3) is 0 Å². The fraction of sp³-hybridized carbons (Fsp3) is 0.160. The zero-order valence-electron chi connectivity index (χ0n) is 18.7. The van der Waals surface area contributed by atoms with E-state index < -0.39 is 45.1 Å². The van der Waals surface area contributed by atoms with Gasteiger partial charge in [0.05, 0.1) is 0 Å². The van der Waals surface area contributed by atoms with Crippen LogP contribution in [0.5, 0.6) is 0 Å². The van der Waals surface area contributed by atoms with Gasteiger partial charge in [-0.3, -0.25) is 14.4 Å². The van der Waals surface area contributed by atoms with Crippen LogP contribution in [0.1, 0.15) is 22.8 Å². The summed E-state index contributed by atoms with van der Waals surface area (Å²) in [6.07, 6.45) is -0.0764. The van der Waals surface area contributed by atoms with Gasteiger partial charge in [0, 0.05) is 18.2 Å². The Kier molecular flexibility index (Phi) is 8.45. The molecule has 1 amide bonds. The monoisotopic (exact) mass is 498 g/mol. The second-order valence-corrected chi connectivity index (χ2v) is 9.27. The van der Waals surface area contributed by atoms with Crippen molar-refractivity contribution in [1.29, 1.82) is 0 Å². The molecule has 1 unspecified atom stereocenters. The highest BCUT2D eigenvalue weighted by molar-refractivity contribution is 7.89. The first kappa shape index (κ1) is 25.7. The molecule has 1 atom stereocenters. The summed E-state index contributed by atoms with van der Waals surface area (Å²) in [4.78, 5) is 35.8. The first-order chi connectivity index (χ1) is 16.7. The number of esters is 1. The molecule has 0 aromatic heterocycles. The lowest BCUT2D eigenvalue weighted by Gasteiger charge is -2.18. The Balaban J connectivity index is 1.73. The molecule has 0 saturated carbocycles. The summed E-state index contributed by atoms with van der Waals surface area (Å²) in [6, 6.07) is 17.9. The van der Waals surface area contributed by atoms with Crippen LogP contribution in [0.4, 0.5) is 10.1 Å². The van der Waals surface area contributed by atoms with Crippen LogP contribution in [-0.4, -0.2) is 38.7 Å². The van der Waals surface area contributed by atoms with Crippen molar-refractivity contribution in [2.24, 2.45) is 0 Å². The predicted molar refractivity (Wildman–Crippen MR) is 127 cm³/mol. The van der Waals surface area contributed by atoms with Gasteiger partial charge < -0.3 is 10.1 Å². The van der Waals surface area contributed by atoms with Gasteiger partial charge in [0.2, 0.25) is 15.9 Å². The second kappa shape index (κ2) is 11.5. The Hall–Kier alpha value is -3.89. The normalized spacial score (nSPS) is 11.9. The van der Waals surface area contributed by atoms with Gasteiger partial charge in [-0.15, -0.1) is 0 Å². The molecule has 0 saturated heterocycles. The van der Waals surface area contributed by atoms with E-state index in [4.69, 9.17) is 4.74 Å². The van der Waals surface area contributed by atoms with Crippen molar-refractivity contribution >= 4 is 33.4 Å². The molecule has 0 aliphatic heterocycles. The molecule has 2 N–H and O–H groups in total. The highest BCUT2D eigenvalue weighted by Gasteiger charge is 2.29. The molecule has 3 aromatic rings. The number of anilines is 1. The number of nitrogens with one attached hydrogen (secondary N) is 2. The number of hydrogen-bond acceptors (Lipinski definition) is 6. The van der Waals surface area contributed by atoms with Crippen molar-refractivity contribution in [2.45, 2.75) is 24.3 Å². The molecule has 0 fully saturated rings. The third-order valence-electron chi connectivity index (χ3n) is 4.86. The summed E-state index contributed by atoms with van der Waals surface area (Å²) in [5.41, 5.74) is 1.36. The number of carbonyl (C=O) groups excluding carboxylic acids is 3. The van der Waals surface area contributed by atoms with Crippen LogP contribution in [0.3, 0.4) is 0 Å². The summed E-state index contributed by atoms with van der Waals surface area (Å²) in [6.45, 7) is 0.718. The average Bonchev–Trinajstić information content (AvgIpc) is 2.82. The molecule has 3 aromatic carbocycles. The van der Waals surface area contributed by atoms with Gasteiger partial charge in [0.25, 0.3) is 0 Å². The number of ether oxygens (including phenoxy) is 1. The largest absolute Gasteiger partial charge is 0.456 e. The summed E-state index contributed by atoms with van der Waals surface area (Å²) in [5, 5.41) is 2.57. The number of halogens is 1. The van der Waals surface area contributed by atoms with E-state index in [1.165, 1.54) is 43.3 Å². The number of ketones is 1. The van der Waals surface area contributed by atoms with Gasteiger partial charge in [-0.1, -0.05) is 42.5 Å². The molecule has 0 aliphatic rings. The zero-order chi connectivity index (χ0) is 25.4. The minimum atomic E-state index is -4.41. The molecule has 3 rings (SSSR count). The minimum absolute atomic E-state index is 0.0764. The SMILES string of the molecule is CC(=O)Nc1ccc(C(=O)COC(=O)C(Cc2ccccc2)NS(=O)(=O)c2ccccc2F)cc1. The molecule has 8 nitrogen and oxygen atoms in total. The summed E-state index contributed by atoms with van der Waals surface area (Å²) in [7, 11) is -4.41. The van der Waals surface area contributed by atoms with Gasteiger partial charge in [0.1, 0.15) is 16.8 Å². The van der Waals surface area contributed by atoms with Crippen molar-refractivity contribution in [2.75, 3.05) is 11.9 Å². The number of rotatable bonds is 10. The quantitative estimate of drug-likeness (QED) is 0.328. The van der Waals surface area contributed by atoms with Gasteiger partial charge in [0.15, 0.2) is 12.4 Å². The highest BCUT2D eigenvalue weighted by Crippen LogP contribution is 2.16. The van der Waals surface area contributed by atoms with Crippen molar-refractivity contribution in [3.63, 3.8) is 0 Å². The van der Waals surface area contributed by atoms with Gasteiger partial charge in [-0.25, -0.2) is 12.8 Å². The lowest BCUT2D eigenvalue weighted by Crippen LogP contribution is -2.44. The maximum atomic E-state index is 14.1. The van der Waals surface area contributed by atoms with E-state index in [-0.39, 0.29) is 17.9 Å². The Morgan fingerprint density at radius 3 is 2.17 bits per heavy atom. The molecule has 0 spiro atoms. The molecular formula is C25H23FN2O6S. The molecule has 0 aliphatic carbocycles. The molecule has 0 heterocycles. The van der Waals surface area contributed by atoms with Crippen molar-refractivity contribution in [1.82, 2.24) is 4.72 Å². The molecule has 10 heteroatoms. The summed E-state index contributed by atoms with van der Waals surface area (Å²) >= 11 is 0. The second-order valence-electron chi connectivity index (χ2n) is 7.58. The number of Topliss-reactive ketones (excluding diaryl/α,β-unsaturated/α-hetero) is 1. The number of amides is 1. The molecule has 0 radical (unpaired) electrons. The topological polar surface area (TPSA) is 119 Å². The molecular weight excluding hydrogens is 475 g/mol. The number of carbonyl (C=O) groups is 3. The Labute approximate surface area is 202 Å². The van der Waals surface area contributed by atoms with E-state index in [1.54, 1.807) is 30.3 Å². The van der Waals surface area contributed by atoms with E-state index in [0.717, 1.165) is 12.1 Å². The van der Waals surface area contributed by atoms with E-state index >= 15 is 0 Å². The Bertz CT molecular complexity index is 1310. The van der Waals surface area contributed by atoms with E-state index in [1.807, 2.05) is 0 Å². The number of sulfonamides is 1. The standard InChI is InChI=1S/C25H23FN2O6S/c1-17(29)27-20-13-11-19(12-14-20)23(30)16-34-25(31)22(15-18-7-3-2-4-8-18)28-35(32,33)24-10-6-5-9-21(24)26/h2-14,22,28H,15-16H2,1H3,(H,27,29). The summed E-state index contributed by atoms with van der Waals surface area (Å²) < 4.78 is 47.0. The molecule has 182 valence electrons. The van der Waals surface area contributed by atoms with Crippen LogP contribution in [-0.2, 0) is 30.8 Å². The van der Waals surface area contributed by atoms with Crippen molar-refractivity contribution in [3.8, 4) is 0 Å². The minimum Gasteiger partial charge on any atom is -0.456 e. The lowest BCUT2D eigenvalue weighted by molar-refractivity contribution is -0.144. The molecule has 35 heavy (non-hydrogen) atoms. The number of benzene rings is 3. The van der Waals surface area contributed by atoms with E-state index in [9.17, 15) is 27.2 Å². The third kappa shape index (κ3) is 7.29. The van der Waals surface area contributed by atoms with Crippen molar-refractivity contribution < 1.29 is 31.9 Å². The van der Waals surface area contributed by atoms with Crippen molar-refractivity contribution in [3.05, 3.63) is 95.8 Å².